The molecule has 2 aromatic carbocycles. The fourth-order valence-electron chi connectivity index (χ4n) is 4.13. The molecule has 2 amide bonds. The molecular weight excluding hydrogens is 502 g/mol. The van der Waals surface area contributed by atoms with Crippen molar-refractivity contribution in [3.63, 3.8) is 0 Å². The van der Waals surface area contributed by atoms with Gasteiger partial charge in [0.15, 0.2) is 21.3 Å². The average Bonchev–Trinajstić information content (AvgIpc) is 3.24. The van der Waals surface area contributed by atoms with E-state index in [-0.39, 0.29) is 36.0 Å². The number of para-hydroxylation sites is 1. The number of aromatic nitrogens is 4. The van der Waals surface area contributed by atoms with Gasteiger partial charge in [0.2, 0.25) is 11.9 Å². The summed E-state index contributed by atoms with van der Waals surface area (Å²) in [4.78, 5) is 34.6. The summed E-state index contributed by atoms with van der Waals surface area (Å²) in [5.74, 6) is 0.605. The highest BCUT2D eigenvalue weighted by atomic mass is 32.2. The van der Waals surface area contributed by atoms with Crippen molar-refractivity contribution >= 4 is 44.3 Å². The summed E-state index contributed by atoms with van der Waals surface area (Å²) in [5.41, 5.74) is 1.14. The highest BCUT2D eigenvalue weighted by Gasteiger charge is 2.29. The molecule has 1 aliphatic heterocycles. The Morgan fingerprint density at radius 2 is 1.95 bits per heavy atom. The van der Waals surface area contributed by atoms with Crippen LogP contribution in [0.25, 0.3) is 27.9 Å². The number of hydrogen-bond donors (Lipinski definition) is 3. The monoisotopic (exact) mass is 525 g/mol. The van der Waals surface area contributed by atoms with Crippen molar-refractivity contribution in [3.8, 4) is 17.1 Å². The van der Waals surface area contributed by atoms with Crippen molar-refractivity contribution < 1.29 is 27.9 Å². The zero-order chi connectivity index (χ0) is 26.3. The molecule has 0 radical (unpaired) electrons. The number of methoxy groups -OCH3 is 1. The molecule has 0 bridgehead atoms. The topological polar surface area (TPSA) is 168 Å². The first-order valence-corrected chi connectivity index (χ1v) is 13.1. The molecule has 3 heterocycles. The van der Waals surface area contributed by atoms with Gasteiger partial charge in [0.25, 0.3) is 0 Å². The summed E-state index contributed by atoms with van der Waals surface area (Å²) in [7, 11) is -2.11. The van der Waals surface area contributed by atoms with Crippen LogP contribution in [0.5, 0.6) is 5.75 Å². The maximum Gasteiger partial charge on any atom is 0.407 e. The lowest BCUT2D eigenvalue weighted by molar-refractivity contribution is -0.121. The summed E-state index contributed by atoms with van der Waals surface area (Å²) in [6.07, 6.45) is -0.0848. The van der Waals surface area contributed by atoms with Crippen LogP contribution >= 0.6 is 0 Å². The largest absolute Gasteiger partial charge is 0.497 e. The van der Waals surface area contributed by atoms with E-state index >= 15 is 0 Å². The van der Waals surface area contributed by atoms with Crippen LogP contribution in [0.3, 0.4) is 0 Å². The number of rotatable bonds is 5. The molecule has 1 saturated heterocycles. The fourth-order valence-corrected chi connectivity index (χ4v) is 4.97. The summed E-state index contributed by atoms with van der Waals surface area (Å²) < 4.78 is 31.7. The van der Waals surface area contributed by atoms with Crippen molar-refractivity contribution in [2.45, 2.75) is 10.9 Å². The normalized spacial score (nSPS) is 16.4. The van der Waals surface area contributed by atoms with E-state index in [1.54, 1.807) is 43.5 Å². The SMILES string of the molecule is COc1ccc(-c2nc3c4cccc(S(C)(=O)=O)c4nc(N[C@@H]4CN(C(=O)O)CCNC4=O)n3n2)cc1. The molecule has 0 saturated carbocycles. The predicted octanol–water partition coefficient (Wildman–Crippen LogP) is 1.25. The molecule has 1 fully saturated rings. The van der Waals surface area contributed by atoms with Crippen LogP contribution in [0.15, 0.2) is 47.4 Å². The minimum atomic E-state index is -3.66. The van der Waals surface area contributed by atoms with E-state index in [0.29, 0.717) is 28.2 Å². The molecule has 14 heteroatoms. The van der Waals surface area contributed by atoms with Gasteiger partial charge in [0.05, 0.1) is 24.1 Å². The Morgan fingerprint density at radius 3 is 2.62 bits per heavy atom. The lowest BCUT2D eigenvalue weighted by Crippen LogP contribution is -2.44. The summed E-state index contributed by atoms with van der Waals surface area (Å²) in [6, 6.07) is 10.8. The third-order valence-electron chi connectivity index (χ3n) is 5.99. The molecule has 1 aliphatic rings. The van der Waals surface area contributed by atoms with E-state index < -0.39 is 27.9 Å². The number of amides is 2. The first kappa shape index (κ1) is 24.2. The number of hydrogen-bond acceptors (Lipinski definition) is 9. The molecule has 37 heavy (non-hydrogen) atoms. The van der Waals surface area contributed by atoms with Crippen molar-refractivity contribution in [2.24, 2.45) is 0 Å². The van der Waals surface area contributed by atoms with E-state index in [1.807, 2.05) is 0 Å². The molecule has 3 N–H and O–H groups in total. The average molecular weight is 526 g/mol. The second kappa shape index (κ2) is 9.20. The smallest absolute Gasteiger partial charge is 0.407 e. The van der Waals surface area contributed by atoms with Crippen molar-refractivity contribution in [2.75, 3.05) is 38.3 Å². The number of anilines is 1. The van der Waals surface area contributed by atoms with Crippen LogP contribution in [-0.4, -0.2) is 89.0 Å². The molecule has 0 spiro atoms. The summed E-state index contributed by atoms with van der Waals surface area (Å²) >= 11 is 0. The standard InChI is InChI=1S/C23H23N7O6S/c1-36-14-8-6-13(7-9-14)19-27-20-15-4-3-5-17(37(2,34)35)18(15)26-22(30(20)28-19)25-16-12-29(23(32)33)11-10-24-21(16)31/h3-9,16H,10-12H2,1-2H3,(H,24,31)(H,25,26)(H,32,33)/t16-/m1/s1. The molecule has 0 unspecified atom stereocenters. The van der Waals surface area contributed by atoms with Gasteiger partial charge in [-0.1, -0.05) is 6.07 Å². The third kappa shape index (κ3) is 4.58. The molecule has 0 aliphatic carbocycles. The number of nitrogens with one attached hydrogen (secondary N) is 2. The third-order valence-corrected chi connectivity index (χ3v) is 7.12. The van der Waals surface area contributed by atoms with Crippen LogP contribution in [0.4, 0.5) is 10.7 Å². The van der Waals surface area contributed by atoms with Crippen LogP contribution in [0, 0.1) is 0 Å². The van der Waals surface area contributed by atoms with Crippen molar-refractivity contribution in [3.05, 3.63) is 42.5 Å². The Kier molecular flexibility index (Phi) is 6.03. The molecule has 5 rings (SSSR count). The second-order valence-electron chi connectivity index (χ2n) is 8.48. The minimum Gasteiger partial charge on any atom is -0.497 e. The zero-order valence-electron chi connectivity index (χ0n) is 19.9. The Bertz CT molecular complexity index is 1640. The number of carboxylic acid groups (broad SMARTS) is 1. The quantitative estimate of drug-likeness (QED) is 0.345. The van der Waals surface area contributed by atoms with Gasteiger partial charge in [-0.15, -0.1) is 5.10 Å². The number of benzene rings is 2. The van der Waals surface area contributed by atoms with Gasteiger partial charge in [-0.3, -0.25) is 4.79 Å². The van der Waals surface area contributed by atoms with Crippen LogP contribution < -0.4 is 15.4 Å². The molecule has 4 aromatic rings. The maximum atomic E-state index is 12.7. The van der Waals surface area contributed by atoms with Crippen molar-refractivity contribution in [1.82, 2.24) is 29.8 Å². The maximum absolute atomic E-state index is 12.7. The van der Waals surface area contributed by atoms with E-state index in [9.17, 15) is 23.1 Å². The Balaban J connectivity index is 1.70. The number of fused-ring (bicyclic) bond motifs is 3. The zero-order valence-corrected chi connectivity index (χ0v) is 20.7. The Hall–Kier alpha value is -4.46. The Morgan fingerprint density at radius 1 is 1.19 bits per heavy atom. The Labute approximate surface area is 211 Å². The lowest BCUT2D eigenvalue weighted by Gasteiger charge is -2.21. The van der Waals surface area contributed by atoms with Gasteiger partial charge in [-0.2, -0.15) is 4.52 Å². The highest BCUT2D eigenvalue weighted by molar-refractivity contribution is 7.91. The van der Waals surface area contributed by atoms with Gasteiger partial charge in [0.1, 0.15) is 11.8 Å². The van der Waals surface area contributed by atoms with Crippen LogP contribution in [0.2, 0.25) is 0 Å². The summed E-state index contributed by atoms with van der Waals surface area (Å²) in [5, 5.41) is 20.1. The summed E-state index contributed by atoms with van der Waals surface area (Å²) in [6.45, 7) is 0.145. The molecule has 13 nitrogen and oxygen atoms in total. The van der Waals surface area contributed by atoms with Gasteiger partial charge in [0, 0.05) is 30.3 Å². The fraction of sp³-hybridized carbons (Fsp3) is 0.261. The number of nitrogens with zero attached hydrogens (tertiary/aromatic N) is 5. The van der Waals surface area contributed by atoms with Crippen molar-refractivity contribution in [1.29, 1.82) is 0 Å². The molecule has 1 atom stereocenters. The van der Waals surface area contributed by atoms with E-state index in [0.717, 1.165) is 11.2 Å². The van der Waals surface area contributed by atoms with E-state index in [4.69, 9.17) is 4.74 Å². The predicted molar refractivity (Wildman–Crippen MR) is 133 cm³/mol. The molecular formula is C23H23N7O6S. The molecule has 2 aromatic heterocycles. The number of sulfone groups is 1. The van der Waals surface area contributed by atoms with Crippen LogP contribution in [0.1, 0.15) is 0 Å². The number of carbonyl (C=O) groups excluding carboxylic acids is 1. The van der Waals surface area contributed by atoms with Gasteiger partial charge in [-0.25, -0.2) is 23.2 Å². The van der Waals surface area contributed by atoms with Gasteiger partial charge >= 0.3 is 6.09 Å². The molecule has 192 valence electrons. The van der Waals surface area contributed by atoms with E-state index in [1.165, 1.54) is 10.6 Å². The van der Waals surface area contributed by atoms with Crippen LogP contribution in [-0.2, 0) is 14.6 Å². The highest BCUT2D eigenvalue weighted by Crippen LogP contribution is 2.29. The second-order valence-corrected chi connectivity index (χ2v) is 10.5. The van der Waals surface area contributed by atoms with E-state index in [2.05, 4.69) is 25.7 Å². The van der Waals surface area contributed by atoms with Gasteiger partial charge < -0.3 is 25.4 Å². The van der Waals surface area contributed by atoms with Gasteiger partial charge in [-0.05, 0) is 36.4 Å². The minimum absolute atomic E-state index is 0.0120. The first-order valence-electron chi connectivity index (χ1n) is 11.2. The number of ether oxygens (including phenoxy) is 1. The first-order chi connectivity index (χ1) is 17.7. The number of carbonyl (C=O) groups is 2. The lowest BCUT2D eigenvalue weighted by atomic mass is 10.2.